The lowest BCUT2D eigenvalue weighted by Gasteiger charge is -1.82. The second-order valence-electron chi connectivity index (χ2n) is 3.27. The fourth-order valence-electron chi connectivity index (χ4n) is 0. The minimum atomic E-state index is -4.64. The molecule has 0 fully saturated rings. The summed E-state index contributed by atoms with van der Waals surface area (Å²) in [6.45, 7) is 6.50. The first-order valence-corrected chi connectivity index (χ1v) is 8.78. The highest BCUT2D eigenvalue weighted by molar-refractivity contribution is 7.45. The predicted molar refractivity (Wildman–Crippen MR) is 70.5 cm³/mol. The summed E-state index contributed by atoms with van der Waals surface area (Å²) in [5.74, 6) is 0.833. The highest BCUT2D eigenvalue weighted by Gasteiger charge is 2.01. The summed E-state index contributed by atoms with van der Waals surface area (Å²) in [5.41, 5.74) is 0. The molecule has 0 radical (unpaired) electrons. The van der Waals surface area contributed by atoms with E-state index in [1.807, 2.05) is 0 Å². The van der Waals surface area contributed by atoms with Crippen LogP contribution in [0.1, 0.15) is 20.8 Å². The Hall–Kier alpha value is 0.620. The summed E-state index contributed by atoms with van der Waals surface area (Å²) >= 11 is 0. The molecule has 0 heterocycles. The average molecular weight is 389 g/mol. The molecule has 0 aliphatic carbocycles. The topological polar surface area (TPSA) is 233 Å². The van der Waals surface area contributed by atoms with Gasteiger partial charge in [-0.2, -0.15) is 0 Å². The predicted octanol–water partition coefficient (Wildman–Crippen LogP) is -0.702. The molecule has 0 amide bonds. The van der Waals surface area contributed by atoms with Crippen molar-refractivity contribution in [3.05, 3.63) is 0 Å². The van der Waals surface area contributed by atoms with Crippen molar-refractivity contribution in [1.29, 1.82) is 0 Å². The quantitative estimate of drug-likeness (QED) is 0.234. The van der Waals surface area contributed by atoms with Gasteiger partial charge in [-0.05, 0) is 5.92 Å². The molecule has 20 heavy (non-hydrogen) atoms. The van der Waals surface area contributed by atoms with E-state index < -0.39 is 23.5 Å². The van der Waals surface area contributed by atoms with Crippen LogP contribution in [-0.4, -0.2) is 44.0 Å². The fourth-order valence-corrected chi connectivity index (χ4v) is 0. The molecule has 0 aromatic heterocycles. The smallest absolute Gasteiger partial charge is 0.303 e. The third-order valence-corrected chi connectivity index (χ3v) is 0. The van der Waals surface area contributed by atoms with E-state index in [0.717, 1.165) is 5.92 Å². The van der Waals surface area contributed by atoms with Crippen molar-refractivity contribution in [2.45, 2.75) is 20.8 Å². The van der Waals surface area contributed by atoms with Crippen LogP contribution in [0.15, 0.2) is 0 Å². The van der Waals surface area contributed by atoms with Crippen LogP contribution in [0, 0.1) is 5.92 Å². The molecule has 16 heteroatoms. The molecular formula is C4H20ClO12P3. The van der Waals surface area contributed by atoms with E-state index in [1.54, 1.807) is 0 Å². The van der Waals surface area contributed by atoms with Gasteiger partial charge in [-0.15, -0.1) is 12.4 Å². The van der Waals surface area contributed by atoms with Gasteiger partial charge in [-0.25, -0.2) is 13.7 Å². The lowest BCUT2D eigenvalue weighted by Crippen LogP contribution is -1.66. The molecule has 0 aliphatic heterocycles. The van der Waals surface area contributed by atoms with Crippen LogP contribution in [0.4, 0.5) is 0 Å². The van der Waals surface area contributed by atoms with Gasteiger partial charge in [0, 0.05) is 0 Å². The summed E-state index contributed by atoms with van der Waals surface area (Å²) in [6, 6.07) is 0. The van der Waals surface area contributed by atoms with Crippen molar-refractivity contribution in [2.75, 3.05) is 0 Å². The van der Waals surface area contributed by atoms with E-state index in [-0.39, 0.29) is 12.4 Å². The van der Waals surface area contributed by atoms with Gasteiger partial charge >= 0.3 is 23.5 Å². The minimum Gasteiger partial charge on any atom is -0.303 e. The van der Waals surface area contributed by atoms with Crippen molar-refractivity contribution in [2.24, 2.45) is 5.92 Å². The molecule has 0 rings (SSSR count). The second-order valence-corrected chi connectivity index (χ2v) is 6.35. The largest absolute Gasteiger partial charge is 0.466 e. The van der Waals surface area contributed by atoms with E-state index in [1.165, 1.54) is 0 Å². The summed E-state index contributed by atoms with van der Waals surface area (Å²) in [6.07, 6.45) is 0. The molecule has 0 unspecified atom stereocenters. The fraction of sp³-hybridized carbons (Fsp3) is 1.00. The van der Waals surface area contributed by atoms with E-state index in [9.17, 15) is 0 Å². The first kappa shape index (κ1) is 32.5. The Morgan fingerprint density at radius 3 is 0.550 bits per heavy atom. The summed E-state index contributed by atoms with van der Waals surface area (Å²) in [7, 11) is -13.9. The second kappa shape index (κ2) is 14.6. The summed E-state index contributed by atoms with van der Waals surface area (Å²) in [4.78, 5) is 64.7. The van der Waals surface area contributed by atoms with Gasteiger partial charge in [0.25, 0.3) is 0 Å². The van der Waals surface area contributed by atoms with E-state index in [2.05, 4.69) is 20.8 Å². The lowest BCUT2D eigenvalue weighted by atomic mass is 10.3. The Labute approximate surface area is 121 Å². The standard InChI is InChI=1S/C4H10.ClH.3H3O4P/c1-4(2)3;;3*1-5(2,3)4/h4H,1-3H3;1H;3*(H3,1,2,3,4). The molecule has 12 nitrogen and oxygen atoms in total. The van der Waals surface area contributed by atoms with E-state index in [4.69, 9.17) is 57.7 Å². The number of rotatable bonds is 0. The Bertz CT molecular complexity index is 250. The van der Waals surface area contributed by atoms with Gasteiger partial charge < -0.3 is 44.0 Å². The first-order chi connectivity index (χ1) is 7.73. The number of hydrogen-bond acceptors (Lipinski definition) is 3. The van der Waals surface area contributed by atoms with E-state index >= 15 is 0 Å². The van der Waals surface area contributed by atoms with Crippen LogP contribution in [0.25, 0.3) is 0 Å². The molecule has 0 aromatic rings. The van der Waals surface area contributed by atoms with Crippen LogP contribution < -0.4 is 0 Å². The molecule has 0 atom stereocenters. The van der Waals surface area contributed by atoms with E-state index in [0.29, 0.717) is 0 Å². The van der Waals surface area contributed by atoms with Gasteiger partial charge in [0.2, 0.25) is 0 Å². The third kappa shape index (κ3) is 15000. The van der Waals surface area contributed by atoms with Crippen LogP contribution in [0.3, 0.4) is 0 Å². The highest BCUT2D eigenvalue weighted by Crippen LogP contribution is 2.26. The number of hydrogen-bond donors (Lipinski definition) is 9. The Kier molecular flexibility index (Phi) is 23.7. The zero-order valence-corrected chi connectivity index (χ0v) is 14.1. The molecule has 0 aliphatic rings. The molecule has 0 aromatic carbocycles. The maximum absolute atomic E-state index is 8.88. The minimum absolute atomic E-state index is 0. The first-order valence-electron chi connectivity index (χ1n) is 4.08. The maximum atomic E-state index is 8.88. The lowest BCUT2D eigenvalue weighted by molar-refractivity contribution is 0.272. The normalized spacial score (nSPS) is 10.7. The van der Waals surface area contributed by atoms with Crippen molar-refractivity contribution in [3.8, 4) is 0 Å². The summed E-state index contributed by atoms with van der Waals surface area (Å²) < 4.78 is 26.6. The van der Waals surface area contributed by atoms with Crippen molar-refractivity contribution < 1.29 is 57.7 Å². The highest BCUT2D eigenvalue weighted by atomic mass is 35.5. The van der Waals surface area contributed by atoms with Gasteiger partial charge in [-0.3, -0.25) is 0 Å². The monoisotopic (exact) mass is 388 g/mol. The van der Waals surface area contributed by atoms with Gasteiger partial charge in [0.1, 0.15) is 0 Å². The maximum Gasteiger partial charge on any atom is 0.466 e. The molecule has 0 bridgehead atoms. The van der Waals surface area contributed by atoms with Crippen LogP contribution in [-0.2, 0) is 13.7 Å². The van der Waals surface area contributed by atoms with Crippen molar-refractivity contribution in [1.82, 2.24) is 0 Å². The van der Waals surface area contributed by atoms with Crippen LogP contribution in [0.2, 0.25) is 0 Å². The van der Waals surface area contributed by atoms with Crippen LogP contribution >= 0.6 is 35.9 Å². The molecule has 0 saturated heterocycles. The zero-order chi connectivity index (χ0) is 17.1. The van der Waals surface area contributed by atoms with Gasteiger partial charge in [0.05, 0.1) is 0 Å². The number of halogens is 1. The third-order valence-electron chi connectivity index (χ3n) is 0. The molecule has 0 spiro atoms. The van der Waals surface area contributed by atoms with Crippen molar-refractivity contribution in [3.63, 3.8) is 0 Å². The van der Waals surface area contributed by atoms with Gasteiger partial charge in [-0.1, -0.05) is 20.8 Å². The molecule has 0 saturated carbocycles. The number of phosphoric acid groups is 3. The SMILES string of the molecule is CC(C)C.Cl.O=P(O)(O)O.O=P(O)(O)O.O=P(O)(O)O. The zero-order valence-electron chi connectivity index (χ0n) is 10.6. The Morgan fingerprint density at radius 2 is 0.550 bits per heavy atom. The Balaban J connectivity index is -0.0000000494. The molecule has 9 N–H and O–H groups in total. The summed E-state index contributed by atoms with van der Waals surface area (Å²) in [5, 5.41) is 0. The molecule has 130 valence electrons. The average Bonchev–Trinajstić information content (AvgIpc) is 1.66. The molecular weight excluding hydrogens is 368 g/mol. The van der Waals surface area contributed by atoms with Gasteiger partial charge in [0.15, 0.2) is 0 Å². The Morgan fingerprint density at radius 1 is 0.550 bits per heavy atom. The van der Waals surface area contributed by atoms with Crippen molar-refractivity contribution >= 4 is 35.9 Å². The van der Waals surface area contributed by atoms with Crippen LogP contribution in [0.5, 0.6) is 0 Å².